The Morgan fingerprint density at radius 3 is 2.79 bits per heavy atom. The molecule has 0 atom stereocenters. The summed E-state index contributed by atoms with van der Waals surface area (Å²) in [5.74, 6) is 0. The van der Waals surface area contributed by atoms with E-state index in [1.54, 1.807) is 12.3 Å². The first-order valence-electron chi connectivity index (χ1n) is 5.94. The van der Waals surface area contributed by atoms with Crippen LogP contribution in [0.5, 0.6) is 0 Å². The van der Waals surface area contributed by atoms with Crippen molar-refractivity contribution in [1.29, 1.82) is 0 Å². The van der Waals surface area contributed by atoms with Crippen LogP contribution in [0.1, 0.15) is 17.5 Å². The molecule has 1 saturated heterocycles. The lowest BCUT2D eigenvalue weighted by molar-refractivity contribution is -0.383. The van der Waals surface area contributed by atoms with E-state index >= 15 is 0 Å². The van der Waals surface area contributed by atoms with Crippen LogP contribution in [-0.2, 0) is 9.47 Å². The lowest BCUT2D eigenvalue weighted by atomic mass is 10.0. The first kappa shape index (κ1) is 12.0. The Kier molecular flexibility index (Phi) is 2.88. The molecule has 1 aromatic heterocycles. The van der Waals surface area contributed by atoms with E-state index in [4.69, 9.17) is 9.47 Å². The van der Waals surface area contributed by atoms with Gasteiger partial charge in [-0.3, -0.25) is 15.1 Å². The molecule has 2 aromatic rings. The number of rotatable bonds is 2. The number of nitro groups is 1. The van der Waals surface area contributed by atoms with Gasteiger partial charge in [-0.15, -0.1) is 0 Å². The minimum Gasteiger partial charge on any atom is -0.345 e. The molecule has 6 nitrogen and oxygen atoms in total. The topological polar surface area (TPSA) is 74.5 Å². The van der Waals surface area contributed by atoms with E-state index in [9.17, 15) is 10.1 Å². The molecule has 0 bridgehead atoms. The van der Waals surface area contributed by atoms with Crippen LogP contribution < -0.4 is 0 Å². The molecule has 2 heterocycles. The molecule has 98 valence electrons. The van der Waals surface area contributed by atoms with Gasteiger partial charge in [-0.1, -0.05) is 12.1 Å². The molecule has 1 aliphatic heterocycles. The van der Waals surface area contributed by atoms with Crippen molar-refractivity contribution in [3.8, 4) is 0 Å². The quantitative estimate of drug-likeness (QED) is 0.612. The molecule has 0 spiro atoms. The fraction of sp³-hybridized carbons (Fsp3) is 0.308. The Labute approximate surface area is 109 Å². The van der Waals surface area contributed by atoms with Gasteiger partial charge >= 0.3 is 0 Å². The Balaban J connectivity index is 2.28. The summed E-state index contributed by atoms with van der Waals surface area (Å²) in [5.41, 5.74) is 1.45. The van der Waals surface area contributed by atoms with Crippen LogP contribution in [-0.4, -0.2) is 23.1 Å². The molecule has 0 amide bonds. The highest BCUT2D eigenvalue weighted by atomic mass is 16.7. The molecule has 6 heteroatoms. The molecule has 1 aromatic carbocycles. The van der Waals surface area contributed by atoms with Gasteiger partial charge in [0.05, 0.1) is 23.5 Å². The average molecular weight is 260 g/mol. The molecule has 19 heavy (non-hydrogen) atoms. The monoisotopic (exact) mass is 260 g/mol. The highest BCUT2D eigenvalue weighted by molar-refractivity contribution is 5.94. The largest absolute Gasteiger partial charge is 0.345 e. The molecule has 1 fully saturated rings. The van der Waals surface area contributed by atoms with Crippen molar-refractivity contribution in [2.75, 3.05) is 13.2 Å². The van der Waals surface area contributed by atoms with Crippen LogP contribution in [0.3, 0.4) is 0 Å². The molecule has 0 N–H and O–H groups in total. The van der Waals surface area contributed by atoms with Crippen molar-refractivity contribution < 1.29 is 14.4 Å². The minimum atomic E-state index is -0.537. The highest BCUT2D eigenvalue weighted by Crippen LogP contribution is 2.34. The molecule has 1 aliphatic rings. The van der Waals surface area contributed by atoms with Crippen LogP contribution in [0.4, 0.5) is 5.69 Å². The Morgan fingerprint density at radius 1 is 1.37 bits per heavy atom. The number of nitrogens with zero attached hydrogens (tertiary/aromatic N) is 2. The van der Waals surface area contributed by atoms with E-state index in [2.05, 4.69) is 4.98 Å². The number of aryl methyl sites for hydroxylation is 1. The molecular weight excluding hydrogens is 248 g/mol. The summed E-state index contributed by atoms with van der Waals surface area (Å²) in [6.07, 6.45) is 1.08. The van der Waals surface area contributed by atoms with Crippen molar-refractivity contribution in [3.05, 3.63) is 45.8 Å². The number of aromatic nitrogens is 1. The minimum absolute atomic E-state index is 0.0802. The van der Waals surface area contributed by atoms with Gasteiger partial charge in [-0.2, -0.15) is 0 Å². The van der Waals surface area contributed by atoms with Crippen LogP contribution in [0.25, 0.3) is 10.8 Å². The predicted molar refractivity (Wildman–Crippen MR) is 67.8 cm³/mol. The van der Waals surface area contributed by atoms with E-state index < -0.39 is 6.29 Å². The summed E-state index contributed by atoms with van der Waals surface area (Å²) in [6.45, 7) is 2.83. The summed E-state index contributed by atoms with van der Waals surface area (Å²) >= 11 is 0. The molecule has 3 rings (SSSR count). The van der Waals surface area contributed by atoms with Crippen LogP contribution >= 0.6 is 0 Å². The number of pyridine rings is 1. The van der Waals surface area contributed by atoms with Crippen molar-refractivity contribution in [3.63, 3.8) is 0 Å². The van der Waals surface area contributed by atoms with Crippen molar-refractivity contribution in [2.24, 2.45) is 0 Å². The van der Waals surface area contributed by atoms with Gasteiger partial charge in [0.15, 0.2) is 0 Å². The standard InChI is InChI=1S/C13H12N2O4/c1-8-7-14-12(13-18-5-6-19-13)9-3-2-4-10(11(8)9)15(16)17/h2-4,7,13H,5-6H2,1H3. The van der Waals surface area contributed by atoms with Crippen molar-refractivity contribution in [2.45, 2.75) is 13.2 Å². The summed E-state index contributed by atoms with van der Waals surface area (Å²) in [6, 6.07) is 4.96. The normalized spacial score (nSPS) is 16.1. The molecule has 0 aliphatic carbocycles. The van der Waals surface area contributed by atoms with Gasteiger partial charge in [-0.25, -0.2) is 0 Å². The molecule has 0 saturated carbocycles. The average Bonchev–Trinajstić information content (AvgIpc) is 2.92. The smallest absolute Gasteiger partial charge is 0.277 e. The number of hydrogen-bond donors (Lipinski definition) is 0. The Bertz CT molecular complexity index is 650. The first-order valence-corrected chi connectivity index (χ1v) is 5.94. The van der Waals surface area contributed by atoms with Crippen molar-refractivity contribution in [1.82, 2.24) is 4.98 Å². The molecule has 0 radical (unpaired) electrons. The molecular formula is C13H12N2O4. The van der Waals surface area contributed by atoms with E-state index in [0.717, 1.165) is 5.56 Å². The summed E-state index contributed by atoms with van der Waals surface area (Å²) in [7, 11) is 0. The van der Waals surface area contributed by atoms with Gasteiger partial charge in [0, 0.05) is 17.6 Å². The predicted octanol–water partition coefficient (Wildman–Crippen LogP) is 2.50. The summed E-state index contributed by atoms with van der Waals surface area (Å²) < 4.78 is 10.9. The number of benzene rings is 1. The third-order valence-electron chi connectivity index (χ3n) is 3.15. The fourth-order valence-corrected chi connectivity index (χ4v) is 2.32. The number of nitro benzene ring substituents is 1. The summed E-state index contributed by atoms with van der Waals surface area (Å²) in [4.78, 5) is 15.1. The highest BCUT2D eigenvalue weighted by Gasteiger charge is 2.25. The lowest BCUT2D eigenvalue weighted by Crippen LogP contribution is -2.04. The summed E-state index contributed by atoms with van der Waals surface area (Å²) in [5, 5.41) is 12.4. The van der Waals surface area contributed by atoms with Crippen LogP contribution in [0, 0.1) is 17.0 Å². The second-order valence-electron chi connectivity index (χ2n) is 4.36. The van der Waals surface area contributed by atoms with E-state index in [0.29, 0.717) is 29.7 Å². The van der Waals surface area contributed by atoms with E-state index in [1.165, 1.54) is 6.07 Å². The van der Waals surface area contributed by atoms with E-state index in [-0.39, 0.29) is 10.6 Å². The van der Waals surface area contributed by atoms with Gasteiger partial charge in [-0.05, 0) is 12.5 Å². The second-order valence-corrected chi connectivity index (χ2v) is 4.36. The number of non-ortho nitro benzene ring substituents is 1. The maximum atomic E-state index is 11.1. The fourth-order valence-electron chi connectivity index (χ4n) is 2.32. The van der Waals surface area contributed by atoms with Crippen molar-refractivity contribution >= 4 is 16.5 Å². The Hall–Kier alpha value is -2.05. The third-order valence-corrected chi connectivity index (χ3v) is 3.15. The maximum absolute atomic E-state index is 11.1. The SMILES string of the molecule is Cc1cnc(C2OCCO2)c2cccc([N+](=O)[O-])c12. The zero-order chi connectivity index (χ0) is 13.4. The Morgan fingerprint density at radius 2 is 2.11 bits per heavy atom. The number of fused-ring (bicyclic) bond motifs is 1. The van der Waals surface area contributed by atoms with Crippen LogP contribution in [0.2, 0.25) is 0 Å². The lowest BCUT2D eigenvalue weighted by Gasteiger charge is -2.12. The third kappa shape index (κ3) is 1.94. The van der Waals surface area contributed by atoms with E-state index in [1.807, 2.05) is 13.0 Å². The van der Waals surface area contributed by atoms with Crippen LogP contribution in [0.15, 0.2) is 24.4 Å². The number of hydrogen-bond acceptors (Lipinski definition) is 5. The van der Waals surface area contributed by atoms with Gasteiger partial charge in [0.2, 0.25) is 6.29 Å². The first-order chi connectivity index (χ1) is 9.18. The van der Waals surface area contributed by atoms with Gasteiger partial charge < -0.3 is 9.47 Å². The van der Waals surface area contributed by atoms with Gasteiger partial charge in [0.25, 0.3) is 5.69 Å². The second kappa shape index (κ2) is 4.56. The number of ether oxygens (including phenoxy) is 2. The van der Waals surface area contributed by atoms with Gasteiger partial charge in [0.1, 0.15) is 5.69 Å². The maximum Gasteiger partial charge on any atom is 0.277 e. The molecule has 0 unspecified atom stereocenters. The zero-order valence-corrected chi connectivity index (χ0v) is 10.3. The zero-order valence-electron chi connectivity index (χ0n) is 10.3.